The van der Waals surface area contributed by atoms with E-state index in [0.29, 0.717) is 5.56 Å². The van der Waals surface area contributed by atoms with Crippen molar-refractivity contribution in [1.82, 2.24) is 19.6 Å². The lowest BCUT2D eigenvalue weighted by molar-refractivity contribution is -0.384. The molecule has 0 aliphatic rings. The maximum absolute atomic E-state index is 13.7. The summed E-state index contributed by atoms with van der Waals surface area (Å²) in [5, 5.41) is 11.6. The topological polar surface area (TPSA) is 214 Å². The Hall–Kier alpha value is -4.72. The highest BCUT2D eigenvalue weighted by Gasteiger charge is 2.32. The maximum Gasteiger partial charge on any atom is 0.320 e. The summed E-state index contributed by atoms with van der Waals surface area (Å²) >= 11 is 0. The number of carbonyl (C=O) groups excluding carboxylic acids is 6. The number of rotatable bonds is 24. The van der Waals surface area contributed by atoms with Gasteiger partial charge in [0.15, 0.2) is 0 Å². The molecule has 0 aromatic heterocycles. The summed E-state index contributed by atoms with van der Waals surface area (Å²) in [4.78, 5) is 98.2. The van der Waals surface area contributed by atoms with Crippen molar-refractivity contribution in [3.05, 3.63) is 39.9 Å². The van der Waals surface area contributed by atoms with Gasteiger partial charge in [-0.2, -0.15) is 0 Å². The van der Waals surface area contributed by atoms with E-state index in [0.717, 1.165) is 0 Å². The van der Waals surface area contributed by atoms with Gasteiger partial charge in [0.25, 0.3) is 5.69 Å². The van der Waals surface area contributed by atoms with Gasteiger partial charge in [-0.05, 0) is 137 Å². The number of benzene rings is 1. The lowest BCUT2D eigenvalue weighted by Gasteiger charge is -2.36. The van der Waals surface area contributed by atoms with Gasteiger partial charge < -0.3 is 28.4 Å². The molecule has 0 spiro atoms. The first kappa shape index (κ1) is 61.3. The summed E-state index contributed by atoms with van der Waals surface area (Å²) in [6.45, 7) is 30.0. The van der Waals surface area contributed by atoms with E-state index in [4.69, 9.17) is 28.4 Å². The van der Waals surface area contributed by atoms with E-state index in [9.17, 15) is 38.9 Å². The molecule has 1 aromatic rings. The zero-order valence-corrected chi connectivity index (χ0v) is 44.3. The number of non-ortho nitro benzene ring substituents is 1. The van der Waals surface area contributed by atoms with Gasteiger partial charge in [0.2, 0.25) is 0 Å². The van der Waals surface area contributed by atoms with Crippen LogP contribution in [-0.2, 0) is 63.6 Å². The molecular weight excluding hydrogens is 883 g/mol. The smallest absolute Gasteiger partial charge is 0.320 e. The fourth-order valence-electron chi connectivity index (χ4n) is 6.54. The Morgan fingerprint density at radius 3 is 1.01 bits per heavy atom. The molecule has 1 rings (SSSR count). The zero-order valence-electron chi connectivity index (χ0n) is 44.3. The number of nitro benzene ring substituents is 1. The minimum Gasteiger partial charge on any atom is -0.459 e. The van der Waals surface area contributed by atoms with Gasteiger partial charge in [0.1, 0.15) is 33.6 Å². The van der Waals surface area contributed by atoms with Gasteiger partial charge in [-0.3, -0.25) is 58.5 Å². The van der Waals surface area contributed by atoms with Crippen molar-refractivity contribution < 1.29 is 62.1 Å². The average molecular weight is 966 g/mol. The number of hydrogen-bond donors (Lipinski definition) is 0. The van der Waals surface area contributed by atoms with Crippen LogP contribution in [0.25, 0.3) is 0 Å². The third-order valence-electron chi connectivity index (χ3n) is 8.66. The molecule has 0 aliphatic heterocycles. The van der Waals surface area contributed by atoms with Crippen LogP contribution in [0.3, 0.4) is 0 Å². The van der Waals surface area contributed by atoms with Crippen molar-refractivity contribution in [1.29, 1.82) is 0 Å². The van der Waals surface area contributed by atoms with E-state index >= 15 is 0 Å². The van der Waals surface area contributed by atoms with Gasteiger partial charge >= 0.3 is 35.8 Å². The summed E-state index contributed by atoms with van der Waals surface area (Å²) in [6, 6.07) is 5.17. The van der Waals surface area contributed by atoms with Gasteiger partial charge in [0.05, 0.1) is 44.2 Å². The average Bonchev–Trinajstić information content (AvgIpc) is 3.07. The molecule has 0 heterocycles. The first-order chi connectivity index (χ1) is 30.7. The molecule has 0 fully saturated rings. The Morgan fingerprint density at radius 1 is 0.441 bits per heavy atom. The van der Waals surface area contributed by atoms with Crippen molar-refractivity contribution >= 4 is 41.5 Å². The largest absolute Gasteiger partial charge is 0.459 e. The number of nitro groups is 1. The molecule has 0 N–H and O–H groups in total. The van der Waals surface area contributed by atoms with Crippen LogP contribution in [0.1, 0.15) is 130 Å². The van der Waals surface area contributed by atoms with Crippen LogP contribution in [0, 0.1) is 10.1 Å². The van der Waals surface area contributed by atoms with E-state index in [2.05, 4.69) is 0 Å². The van der Waals surface area contributed by atoms with Crippen molar-refractivity contribution in [2.24, 2.45) is 0 Å². The molecule has 0 aliphatic carbocycles. The summed E-state index contributed by atoms with van der Waals surface area (Å²) in [5.41, 5.74) is -4.47. The number of hydrogen-bond acceptors (Lipinski definition) is 18. The Kier molecular flexibility index (Phi) is 23.2. The molecule has 0 amide bonds. The van der Waals surface area contributed by atoms with Crippen molar-refractivity contribution in [3.63, 3.8) is 0 Å². The highest BCUT2D eigenvalue weighted by atomic mass is 16.6. The van der Waals surface area contributed by atoms with E-state index in [1.807, 2.05) is 0 Å². The fraction of sp³-hybridized carbons (Fsp3) is 0.755. The van der Waals surface area contributed by atoms with Crippen molar-refractivity contribution in [2.75, 3.05) is 72.0 Å². The highest BCUT2D eigenvalue weighted by Crippen LogP contribution is 2.20. The molecule has 0 saturated heterocycles. The molecule has 0 radical (unpaired) electrons. The first-order valence-corrected chi connectivity index (χ1v) is 23.1. The molecule has 68 heavy (non-hydrogen) atoms. The molecule has 0 bridgehead atoms. The Balaban J connectivity index is 3.89. The van der Waals surface area contributed by atoms with Crippen LogP contribution < -0.4 is 0 Å². The van der Waals surface area contributed by atoms with Gasteiger partial charge in [0, 0.05) is 50.9 Å². The molecule has 19 nitrogen and oxygen atoms in total. The second kappa shape index (κ2) is 25.8. The Morgan fingerprint density at radius 2 is 0.706 bits per heavy atom. The third kappa shape index (κ3) is 30.6. The maximum atomic E-state index is 13.7. The monoisotopic (exact) mass is 966 g/mol. The quantitative estimate of drug-likeness (QED) is 0.0521. The van der Waals surface area contributed by atoms with Crippen LogP contribution in [0.15, 0.2) is 24.3 Å². The van der Waals surface area contributed by atoms with Crippen LogP contribution in [0.2, 0.25) is 0 Å². The normalized spacial score (nSPS) is 13.3. The van der Waals surface area contributed by atoms with Gasteiger partial charge in [-0.15, -0.1) is 0 Å². The van der Waals surface area contributed by atoms with E-state index in [1.165, 1.54) is 12.1 Å². The van der Waals surface area contributed by atoms with Gasteiger partial charge in [-0.25, -0.2) is 0 Å². The van der Waals surface area contributed by atoms with E-state index in [1.54, 1.807) is 156 Å². The fourth-order valence-corrected chi connectivity index (χ4v) is 6.54. The minimum atomic E-state index is -0.863. The van der Waals surface area contributed by atoms with Crippen molar-refractivity contribution in [2.45, 2.75) is 171 Å². The van der Waals surface area contributed by atoms with Crippen LogP contribution in [-0.4, -0.2) is 172 Å². The number of carbonyl (C=O) groups is 6. The summed E-state index contributed by atoms with van der Waals surface area (Å²) in [6.07, 6.45) is 0.153. The predicted molar refractivity (Wildman–Crippen MR) is 257 cm³/mol. The van der Waals surface area contributed by atoms with Crippen LogP contribution >= 0.6 is 0 Å². The van der Waals surface area contributed by atoms with Crippen LogP contribution in [0.4, 0.5) is 5.69 Å². The molecule has 388 valence electrons. The molecular formula is C49H83N5O14. The van der Waals surface area contributed by atoms with Crippen LogP contribution in [0.5, 0.6) is 0 Å². The second-order valence-electron chi connectivity index (χ2n) is 22.9. The Labute approximate surface area is 404 Å². The Bertz CT molecular complexity index is 1770. The summed E-state index contributed by atoms with van der Waals surface area (Å²) < 4.78 is 34.0. The standard InChI is InChI=1S/C49H83N5O14/c1-44(2,3)63-38(55)29-50(24-26-52(31-40(57)65-46(7,8)9)32-41(58)66-47(10,11)12)23-25-51(30-39(56)64-45(4,5)6)28-37(27-35-19-21-36(22-20-35)54(61)62)53(33-42(59)67-48(13,14)15)34-43(60)68-49(16,17)18/h19-22,37H,23-34H2,1-18H3/t37-/m0/s1. The third-order valence-corrected chi connectivity index (χ3v) is 8.66. The lowest BCUT2D eigenvalue weighted by atomic mass is 10.0. The van der Waals surface area contributed by atoms with E-state index in [-0.39, 0.29) is 84.1 Å². The van der Waals surface area contributed by atoms with Crippen molar-refractivity contribution in [3.8, 4) is 0 Å². The number of esters is 6. The SMILES string of the molecule is CC(C)(C)OC(=O)CN(CCN(CC(=O)OC(C)(C)C)CC(=O)OC(C)(C)C)CCN(CC(=O)OC(C)(C)C)C[C@H](Cc1ccc([N+](=O)[O-])cc1)N(CC(=O)OC(C)(C)C)CC(=O)OC(C)(C)C. The summed E-state index contributed by atoms with van der Waals surface area (Å²) in [5.74, 6) is -3.50. The molecule has 0 unspecified atom stereocenters. The van der Waals surface area contributed by atoms with Gasteiger partial charge in [-0.1, -0.05) is 12.1 Å². The second-order valence-corrected chi connectivity index (χ2v) is 22.9. The minimum absolute atomic E-state index is 0.0333. The lowest BCUT2D eigenvalue weighted by Crippen LogP contribution is -2.53. The zero-order chi connectivity index (χ0) is 52.6. The summed E-state index contributed by atoms with van der Waals surface area (Å²) in [7, 11) is 0. The number of nitrogens with zero attached hydrogens (tertiary/aromatic N) is 5. The molecule has 1 aromatic carbocycles. The highest BCUT2D eigenvalue weighted by molar-refractivity contribution is 5.76. The van der Waals surface area contributed by atoms with E-state index < -0.39 is 80.4 Å². The molecule has 1 atom stereocenters. The molecule has 19 heteroatoms. The predicted octanol–water partition coefficient (Wildman–Crippen LogP) is 5.76. The first-order valence-electron chi connectivity index (χ1n) is 23.1. The number of ether oxygens (including phenoxy) is 6. The molecule has 0 saturated carbocycles.